The first-order chi connectivity index (χ1) is 22.8. The maximum atomic E-state index is 15.0. The van der Waals surface area contributed by atoms with Gasteiger partial charge in [-0.05, 0) is 91.6 Å². The van der Waals surface area contributed by atoms with Crippen LogP contribution in [0.4, 0.5) is 13.2 Å². The number of nitrogens with zero attached hydrogens (tertiary/aromatic N) is 3. The van der Waals surface area contributed by atoms with Crippen molar-refractivity contribution in [3.8, 4) is 0 Å². The molecule has 2 bridgehead atoms. The third-order valence-electron chi connectivity index (χ3n) is 11.5. The number of hydrogen-bond donors (Lipinski definition) is 1. The lowest BCUT2D eigenvalue weighted by Gasteiger charge is -2.62. The van der Waals surface area contributed by atoms with E-state index < -0.39 is 33.5 Å². The van der Waals surface area contributed by atoms with E-state index in [1.165, 1.54) is 10.7 Å². The Kier molecular flexibility index (Phi) is 11.0. The lowest BCUT2D eigenvalue weighted by atomic mass is 9.45. The van der Waals surface area contributed by atoms with E-state index in [1.54, 1.807) is 0 Å². The van der Waals surface area contributed by atoms with Crippen molar-refractivity contribution in [1.29, 1.82) is 0 Å². The van der Waals surface area contributed by atoms with E-state index in [0.29, 0.717) is 37.3 Å². The summed E-state index contributed by atoms with van der Waals surface area (Å²) in [5.41, 5.74) is 1.40. The molecule has 2 aromatic carbocycles. The van der Waals surface area contributed by atoms with Crippen molar-refractivity contribution in [1.82, 2.24) is 19.4 Å². The molecule has 1 heterocycles. The standard InChI is InChI=1S/C38H55F3N4O3S/c1-24-30-17-27(38(30,5)6)18-33(24)42-36(46)34-14-15-49(47,48)45(34)21-26-11-9-10-25(16-26)20-44(28(22-43(7)8)19-37(2,3)4)23-29-31(39)12-13-32(40)35(29)41/h9-13,16,24,27-28,30,33-34H,14-15,17-23H2,1-8H3,(H,42,46)/t24-,27+,28-,30-,33-,34?/m0/s1. The van der Waals surface area contributed by atoms with Gasteiger partial charge >= 0.3 is 0 Å². The minimum atomic E-state index is -3.65. The molecule has 0 spiro atoms. The van der Waals surface area contributed by atoms with Crippen molar-refractivity contribution < 1.29 is 26.4 Å². The fraction of sp³-hybridized carbons (Fsp3) is 0.658. The summed E-state index contributed by atoms with van der Waals surface area (Å²) in [5.74, 6) is -1.94. The second-order valence-electron chi connectivity index (χ2n) is 17.0. The van der Waals surface area contributed by atoms with Gasteiger partial charge in [-0.25, -0.2) is 21.6 Å². The smallest absolute Gasteiger partial charge is 0.238 e. The summed E-state index contributed by atoms with van der Waals surface area (Å²) in [7, 11) is 0.233. The Morgan fingerprint density at radius 2 is 1.71 bits per heavy atom. The quantitative estimate of drug-likeness (QED) is 0.254. The summed E-state index contributed by atoms with van der Waals surface area (Å²) in [6, 6.07) is 8.37. The first-order valence-electron chi connectivity index (χ1n) is 17.7. The Labute approximate surface area is 291 Å². The molecule has 272 valence electrons. The lowest BCUT2D eigenvalue weighted by Crippen LogP contribution is -2.61. The van der Waals surface area contributed by atoms with Gasteiger partial charge < -0.3 is 10.2 Å². The van der Waals surface area contributed by atoms with E-state index in [4.69, 9.17) is 0 Å². The van der Waals surface area contributed by atoms with Gasteiger partial charge in [0.15, 0.2) is 11.6 Å². The van der Waals surface area contributed by atoms with Gasteiger partial charge in [-0.15, -0.1) is 0 Å². The normalized spacial score (nSPS) is 26.9. The molecule has 3 aliphatic carbocycles. The van der Waals surface area contributed by atoms with E-state index in [0.717, 1.165) is 29.7 Å². The van der Waals surface area contributed by atoms with Gasteiger partial charge in [0.25, 0.3) is 0 Å². The molecule has 49 heavy (non-hydrogen) atoms. The van der Waals surface area contributed by atoms with Crippen molar-refractivity contribution in [2.45, 2.75) is 105 Å². The van der Waals surface area contributed by atoms with Gasteiger partial charge in [0.1, 0.15) is 11.9 Å². The van der Waals surface area contributed by atoms with E-state index in [2.05, 4.69) is 46.9 Å². The predicted molar refractivity (Wildman–Crippen MR) is 187 cm³/mol. The zero-order valence-electron chi connectivity index (χ0n) is 30.4. The van der Waals surface area contributed by atoms with Crippen LogP contribution in [0.2, 0.25) is 0 Å². The van der Waals surface area contributed by atoms with Gasteiger partial charge in [-0.2, -0.15) is 4.31 Å². The first-order valence-corrected chi connectivity index (χ1v) is 19.3. The second-order valence-corrected chi connectivity index (χ2v) is 19.0. The Balaban J connectivity index is 1.37. The Hall–Kier alpha value is -2.47. The van der Waals surface area contributed by atoms with Crippen molar-refractivity contribution in [2.24, 2.45) is 28.6 Å². The van der Waals surface area contributed by atoms with Gasteiger partial charge in [0, 0.05) is 43.8 Å². The molecule has 3 saturated carbocycles. The van der Waals surface area contributed by atoms with Crippen LogP contribution in [0.25, 0.3) is 0 Å². The highest BCUT2D eigenvalue weighted by molar-refractivity contribution is 7.89. The molecular formula is C38H55F3N4O3S. The fourth-order valence-corrected chi connectivity index (χ4v) is 10.4. The summed E-state index contributed by atoms with van der Waals surface area (Å²) in [5, 5.41) is 3.24. The number of sulfonamides is 1. The molecule has 0 aromatic heterocycles. The number of hydrogen-bond acceptors (Lipinski definition) is 5. The SMILES string of the molecule is C[C@@H]1[C@@H](NC(=O)C2CCS(=O)(=O)N2Cc2cccc(CN(Cc3c(F)ccc(F)c3F)[C@H](CN(C)C)CC(C)(C)C)c2)C[C@H]2C[C@@H]1C2(C)C. The third-order valence-corrected chi connectivity index (χ3v) is 13.3. The number of carbonyl (C=O) groups is 1. The highest BCUT2D eigenvalue weighted by atomic mass is 32.2. The molecule has 11 heteroatoms. The summed E-state index contributed by atoms with van der Waals surface area (Å²) in [6.07, 6.45) is 3.06. The number of nitrogens with one attached hydrogen (secondary N) is 1. The topological polar surface area (TPSA) is 73.0 Å². The summed E-state index contributed by atoms with van der Waals surface area (Å²) in [4.78, 5) is 17.7. The number of halogens is 3. The molecule has 1 amide bonds. The molecule has 1 aliphatic heterocycles. The molecule has 1 saturated heterocycles. The maximum Gasteiger partial charge on any atom is 0.238 e. The van der Waals surface area contributed by atoms with Crippen LogP contribution in [-0.4, -0.2) is 72.9 Å². The summed E-state index contributed by atoms with van der Waals surface area (Å²) in [6.45, 7) is 14.0. The second kappa shape index (κ2) is 14.3. The zero-order chi connectivity index (χ0) is 36.1. The van der Waals surface area contributed by atoms with Gasteiger partial charge in [0.05, 0.1) is 5.75 Å². The Bertz CT molecular complexity index is 1630. The monoisotopic (exact) mass is 704 g/mol. The minimum Gasteiger partial charge on any atom is -0.352 e. The highest BCUT2D eigenvalue weighted by Crippen LogP contribution is 2.61. The number of carbonyl (C=O) groups excluding carboxylic acids is 1. The molecular weight excluding hydrogens is 650 g/mol. The fourth-order valence-electron chi connectivity index (χ4n) is 8.71. The van der Waals surface area contributed by atoms with Crippen molar-refractivity contribution in [3.63, 3.8) is 0 Å². The summed E-state index contributed by atoms with van der Waals surface area (Å²) < 4.78 is 72.1. The van der Waals surface area contributed by atoms with Crippen molar-refractivity contribution in [2.75, 3.05) is 26.4 Å². The number of likely N-dealkylation sites (N-methyl/N-ethyl adjacent to an activating group) is 1. The molecule has 2 aromatic rings. The van der Waals surface area contributed by atoms with Crippen LogP contribution in [0, 0.1) is 46.0 Å². The molecule has 4 fully saturated rings. The molecule has 6 atom stereocenters. The Morgan fingerprint density at radius 3 is 2.35 bits per heavy atom. The van der Waals surface area contributed by atoms with Gasteiger partial charge in [0.2, 0.25) is 15.9 Å². The van der Waals surface area contributed by atoms with E-state index in [1.807, 2.05) is 48.2 Å². The lowest BCUT2D eigenvalue weighted by molar-refractivity contribution is -0.136. The van der Waals surface area contributed by atoms with Crippen molar-refractivity contribution in [3.05, 3.63) is 70.5 Å². The number of fused-ring (bicyclic) bond motifs is 2. The van der Waals surface area contributed by atoms with E-state index >= 15 is 0 Å². The average Bonchev–Trinajstić information content (AvgIpc) is 3.29. The van der Waals surface area contributed by atoms with Crippen LogP contribution in [0.1, 0.15) is 83.9 Å². The molecule has 1 N–H and O–H groups in total. The van der Waals surface area contributed by atoms with Crippen molar-refractivity contribution >= 4 is 15.9 Å². The highest BCUT2D eigenvalue weighted by Gasteiger charge is 2.56. The average molecular weight is 705 g/mol. The summed E-state index contributed by atoms with van der Waals surface area (Å²) >= 11 is 0. The first kappa shape index (κ1) is 37.8. The van der Waals surface area contributed by atoms with E-state index in [-0.39, 0.29) is 59.6 Å². The van der Waals surface area contributed by atoms with Crippen LogP contribution >= 0.6 is 0 Å². The van der Waals surface area contributed by atoms with Gasteiger partial charge in [-0.1, -0.05) is 65.8 Å². The molecule has 4 aliphatic rings. The molecule has 1 unspecified atom stereocenters. The van der Waals surface area contributed by atoms with Crippen LogP contribution in [0.3, 0.4) is 0 Å². The molecule has 6 rings (SSSR count). The van der Waals surface area contributed by atoms with Crippen LogP contribution < -0.4 is 5.32 Å². The van der Waals surface area contributed by atoms with Crippen LogP contribution in [0.5, 0.6) is 0 Å². The third kappa shape index (κ3) is 8.37. The van der Waals surface area contributed by atoms with Crippen LogP contribution in [-0.2, 0) is 34.5 Å². The number of rotatable bonds is 12. The maximum absolute atomic E-state index is 15.0. The largest absolute Gasteiger partial charge is 0.352 e. The van der Waals surface area contributed by atoms with Crippen LogP contribution in [0.15, 0.2) is 36.4 Å². The minimum absolute atomic E-state index is 0.0414. The number of benzene rings is 2. The Morgan fingerprint density at radius 1 is 1.04 bits per heavy atom. The van der Waals surface area contributed by atoms with E-state index in [9.17, 15) is 26.4 Å². The molecule has 0 radical (unpaired) electrons. The zero-order valence-corrected chi connectivity index (χ0v) is 31.2. The number of amides is 1. The van der Waals surface area contributed by atoms with Gasteiger partial charge in [-0.3, -0.25) is 9.69 Å². The molecule has 7 nitrogen and oxygen atoms in total. The predicted octanol–water partition coefficient (Wildman–Crippen LogP) is 6.56.